The summed E-state index contributed by atoms with van der Waals surface area (Å²) < 4.78 is 8.07. The summed E-state index contributed by atoms with van der Waals surface area (Å²) in [7, 11) is 0. The Hall–Kier alpha value is -5.42. The SMILES string of the molecule is Cc1ccccc1-c1c(N)n(-c2nc(-c3ccc4oc5ccccc5c4c3)c3ccccc3n2)c2ccccc12. The van der Waals surface area contributed by atoms with E-state index in [4.69, 9.17) is 20.1 Å². The standard InChI is InChI=1S/C35H24N4O/c1-21-10-2-3-11-23(21)32-26-14-5-8-16-29(26)39(34(32)36)35-37-28-15-7-4-13-25(28)33(38-35)22-18-19-31-27(20-22)24-12-6-9-17-30(24)40-31/h2-20H,36H2,1H3. The minimum atomic E-state index is 0.541. The van der Waals surface area contributed by atoms with Gasteiger partial charge in [0.25, 0.3) is 0 Å². The average molecular weight is 517 g/mol. The fourth-order valence-corrected chi connectivity index (χ4v) is 5.87. The molecule has 0 saturated heterocycles. The van der Waals surface area contributed by atoms with Gasteiger partial charge in [-0.05, 0) is 54.4 Å². The number of hydrogen-bond donors (Lipinski definition) is 1. The molecule has 0 saturated carbocycles. The summed E-state index contributed by atoms with van der Waals surface area (Å²) in [5, 5.41) is 4.19. The van der Waals surface area contributed by atoms with Crippen LogP contribution in [0.4, 0.5) is 5.82 Å². The summed E-state index contributed by atoms with van der Waals surface area (Å²) in [6.45, 7) is 2.11. The molecule has 0 radical (unpaired) electrons. The lowest BCUT2D eigenvalue weighted by Gasteiger charge is -2.12. The number of fused-ring (bicyclic) bond motifs is 5. The number of furan rings is 1. The number of nitrogens with two attached hydrogens (primary N) is 1. The molecule has 3 heterocycles. The van der Waals surface area contributed by atoms with Crippen molar-refractivity contribution in [1.29, 1.82) is 0 Å². The van der Waals surface area contributed by atoms with Gasteiger partial charge in [-0.1, -0.05) is 78.9 Å². The van der Waals surface area contributed by atoms with Crippen LogP contribution in [0, 0.1) is 6.92 Å². The Kier molecular flexibility index (Phi) is 4.82. The van der Waals surface area contributed by atoms with Crippen molar-refractivity contribution in [2.75, 3.05) is 5.73 Å². The minimum absolute atomic E-state index is 0.541. The van der Waals surface area contributed by atoms with Gasteiger partial charge in [-0.25, -0.2) is 9.97 Å². The molecule has 0 aliphatic carbocycles. The van der Waals surface area contributed by atoms with Gasteiger partial charge < -0.3 is 10.2 Å². The average Bonchev–Trinajstić information content (AvgIpc) is 3.51. The molecule has 190 valence electrons. The number of anilines is 1. The zero-order chi connectivity index (χ0) is 26.8. The van der Waals surface area contributed by atoms with Crippen LogP contribution in [0.5, 0.6) is 0 Å². The number of nitrogen functional groups attached to an aromatic ring is 1. The summed E-state index contributed by atoms with van der Waals surface area (Å²) in [6.07, 6.45) is 0. The first-order valence-electron chi connectivity index (χ1n) is 13.3. The van der Waals surface area contributed by atoms with Crippen LogP contribution < -0.4 is 5.73 Å². The quantitative estimate of drug-likeness (QED) is 0.255. The van der Waals surface area contributed by atoms with Crippen molar-refractivity contribution in [3.63, 3.8) is 0 Å². The molecule has 5 aromatic carbocycles. The molecule has 8 rings (SSSR count). The molecule has 0 aliphatic rings. The Balaban J connectivity index is 1.42. The Morgan fingerprint density at radius 2 is 1.35 bits per heavy atom. The Morgan fingerprint density at radius 1 is 0.650 bits per heavy atom. The third-order valence-corrected chi connectivity index (χ3v) is 7.77. The number of benzene rings is 5. The fraction of sp³-hybridized carbons (Fsp3) is 0.0286. The van der Waals surface area contributed by atoms with Gasteiger partial charge in [-0.2, -0.15) is 0 Å². The molecule has 5 nitrogen and oxygen atoms in total. The molecule has 8 aromatic rings. The molecule has 0 unspecified atom stereocenters. The number of nitrogens with zero attached hydrogens (tertiary/aromatic N) is 3. The largest absolute Gasteiger partial charge is 0.456 e. The molecular weight excluding hydrogens is 492 g/mol. The topological polar surface area (TPSA) is 69.9 Å². The van der Waals surface area contributed by atoms with Crippen molar-refractivity contribution in [1.82, 2.24) is 14.5 Å². The highest BCUT2D eigenvalue weighted by Gasteiger charge is 2.21. The second-order valence-corrected chi connectivity index (χ2v) is 10.1. The van der Waals surface area contributed by atoms with E-state index in [0.717, 1.165) is 71.7 Å². The summed E-state index contributed by atoms with van der Waals surface area (Å²) in [5.41, 5.74) is 15.6. The molecular formula is C35H24N4O. The van der Waals surface area contributed by atoms with Gasteiger partial charge in [0.05, 0.1) is 16.7 Å². The van der Waals surface area contributed by atoms with Crippen molar-refractivity contribution < 1.29 is 4.42 Å². The third kappa shape index (κ3) is 3.28. The fourth-order valence-electron chi connectivity index (χ4n) is 5.87. The zero-order valence-electron chi connectivity index (χ0n) is 21.8. The van der Waals surface area contributed by atoms with Gasteiger partial charge in [0.2, 0.25) is 5.95 Å². The normalized spacial score (nSPS) is 11.7. The highest BCUT2D eigenvalue weighted by Crippen LogP contribution is 2.40. The second-order valence-electron chi connectivity index (χ2n) is 10.1. The summed E-state index contributed by atoms with van der Waals surface area (Å²) in [4.78, 5) is 10.2. The number of aryl methyl sites for hydroxylation is 1. The third-order valence-electron chi connectivity index (χ3n) is 7.77. The van der Waals surface area contributed by atoms with Crippen LogP contribution >= 0.6 is 0 Å². The van der Waals surface area contributed by atoms with Crippen molar-refractivity contribution in [3.05, 3.63) is 121 Å². The van der Waals surface area contributed by atoms with Crippen molar-refractivity contribution >= 4 is 49.6 Å². The molecule has 0 spiro atoms. The van der Waals surface area contributed by atoms with Crippen molar-refractivity contribution in [2.24, 2.45) is 0 Å². The van der Waals surface area contributed by atoms with Crippen LogP contribution in [0.25, 0.3) is 72.1 Å². The van der Waals surface area contributed by atoms with E-state index in [1.807, 2.05) is 71.3 Å². The van der Waals surface area contributed by atoms with Crippen LogP contribution in [0.1, 0.15) is 5.56 Å². The summed E-state index contributed by atoms with van der Waals surface area (Å²) >= 11 is 0. The van der Waals surface area contributed by atoms with E-state index in [1.54, 1.807) is 0 Å². The summed E-state index contributed by atoms with van der Waals surface area (Å²) in [5.74, 6) is 1.16. The first-order valence-corrected chi connectivity index (χ1v) is 13.3. The van der Waals surface area contributed by atoms with Gasteiger partial charge in [0, 0.05) is 32.7 Å². The Bertz CT molecular complexity index is 2260. The molecule has 3 aromatic heterocycles. The lowest BCUT2D eigenvalue weighted by Crippen LogP contribution is -2.07. The molecule has 5 heteroatoms. The van der Waals surface area contributed by atoms with Crippen molar-refractivity contribution in [3.8, 4) is 28.3 Å². The molecule has 2 N–H and O–H groups in total. The van der Waals surface area contributed by atoms with Gasteiger partial charge in [-0.15, -0.1) is 0 Å². The second kappa shape index (κ2) is 8.55. The predicted molar refractivity (Wildman–Crippen MR) is 164 cm³/mol. The summed E-state index contributed by atoms with van der Waals surface area (Å²) in [6, 6.07) is 39.1. The lowest BCUT2D eigenvalue weighted by molar-refractivity contribution is 0.669. The van der Waals surface area contributed by atoms with Gasteiger partial charge in [-0.3, -0.25) is 4.57 Å². The predicted octanol–water partition coefficient (Wildman–Crippen LogP) is 8.70. The lowest BCUT2D eigenvalue weighted by atomic mass is 9.99. The van der Waals surface area contributed by atoms with Gasteiger partial charge >= 0.3 is 0 Å². The first kappa shape index (κ1) is 22.6. The Morgan fingerprint density at radius 3 is 2.23 bits per heavy atom. The monoisotopic (exact) mass is 516 g/mol. The molecule has 0 bridgehead atoms. The molecule has 0 amide bonds. The molecule has 0 aliphatic heterocycles. The molecule has 0 atom stereocenters. The van der Waals surface area contributed by atoms with Crippen LogP contribution in [-0.2, 0) is 0 Å². The van der Waals surface area contributed by atoms with Gasteiger partial charge in [0.1, 0.15) is 17.0 Å². The highest BCUT2D eigenvalue weighted by molar-refractivity contribution is 6.07. The number of rotatable bonds is 3. The van der Waals surface area contributed by atoms with E-state index in [2.05, 4.69) is 55.5 Å². The smallest absolute Gasteiger partial charge is 0.236 e. The van der Waals surface area contributed by atoms with E-state index in [1.165, 1.54) is 0 Å². The van der Waals surface area contributed by atoms with Crippen LogP contribution in [0.15, 0.2) is 120 Å². The maximum Gasteiger partial charge on any atom is 0.236 e. The van der Waals surface area contributed by atoms with E-state index in [-0.39, 0.29) is 0 Å². The van der Waals surface area contributed by atoms with E-state index in [0.29, 0.717) is 11.8 Å². The minimum Gasteiger partial charge on any atom is -0.456 e. The van der Waals surface area contributed by atoms with Crippen LogP contribution in [0.3, 0.4) is 0 Å². The van der Waals surface area contributed by atoms with Crippen molar-refractivity contribution in [2.45, 2.75) is 6.92 Å². The molecule has 40 heavy (non-hydrogen) atoms. The Labute approximate surface area is 230 Å². The maximum absolute atomic E-state index is 6.98. The van der Waals surface area contributed by atoms with E-state index in [9.17, 15) is 0 Å². The van der Waals surface area contributed by atoms with Gasteiger partial charge in [0.15, 0.2) is 0 Å². The van der Waals surface area contributed by atoms with E-state index < -0.39 is 0 Å². The molecule has 0 fully saturated rings. The first-order chi connectivity index (χ1) is 19.7. The van der Waals surface area contributed by atoms with Crippen LogP contribution in [0.2, 0.25) is 0 Å². The highest BCUT2D eigenvalue weighted by atomic mass is 16.3. The van der Waals surface area contributed by atoms with E-state index >= 15 is 0 Å². The maximum atomic E-state index is 6.98. The number of hydrogen-bond acceptors (Lipinski definition) is 4. The zero-order valence-corrected chi connectivity index (χ0v) is 21.8. The number of aromatic nitrogens is 3. The van der Waals surface area contributed by atoms with Crippen LogP contribution in [-0.4, -0.2) is 14.5 Å². The number of para-hydroxylation sites is 3.